The van der Waals surface area contributed by atoms with Gasteiger partial charge in [-0.15, -0.1) is 11.3 Å². The lowest BCUT2D eigenvalue weighted by Crippen LogP contribution is -2.06. The maximum absolute atomic E-state index is 13.4. The minimum absolute atomic E-state index is 0.0564. The van der Waals surface area contributed by atoms with Crippen LogP contribution >= 0.6 is 11.3 Å². The van der Waals surface area contributed by atoms with Crippen molar-refractivity contribution in [3.63, 3.8) is 0 Å². The fraction of sp³-hybridized carbons (Fsp3) is 0.316. The third-order valence-corrected chi connectivity index (χ3v) is 5.29. The highest BCUT2D eigenvalue weighted by Crippen LogP contribution is 2.35. The van der Waals surface area contributed by atoms with Crippen molar-refractivity contribution in [3.05, 3.63) is 46.4 Å². The Balaban J connectivity index is 2.14. The number of fused-ring (bicyclic) bond motifs is 1. The van der Waals surface area contributed by atoms with E-state index in [1.165, 1.54) is 24.6 Å². The molecule has 0 aliphatic carbocycles. The molecule has 3 aromatic rings. The number of carbonyl (C=O) groups excluding carboxylic acids is 1. The monoisotopic (exact) mass is 423 g/mol. The van der Waals surface area contributed by atoms with Crippen molar-refractivity contribution in [3.8, 4) is 10.6 Å². The molecule has 0 spiro atoms. The van der Waals surface area contributed by atoms with Gasteiger partial charge in [0.15, 0.2) is 0 Å². The maximum Gasteiger partial charge on any atom is 0.350 e. The second-order valence-corrected chi connectivity index (χ2v) is 7.23. The third kappa shape index (κ3) is 3.99. The number of hydrogen-bond donors (Lipinski definition) is 2. The molecule has 0 bridgehead atoms. The zero-order valence-corrected chi connectivity index (χ0v) is 16.7. The van der Waals surface area contributed by atoms with E-state index in [-0.39, 0.29) is 22.3 Å². The average molecular weight is 423 g/mol. The lowest BCUT2D eigenvalue weighted by molar-refractivity contribution is 0.0520. The first-order valence-corrected chi connectivity index (χ1v) is 9.58. The fourth-order valence-electron chi connectivity index (χ4n) is 2.99. The second kappa shape index (κ2) is 8.26. The summed E-state index contributed by atoms with van der Waals surface area (Å²) in [4.78, 5) is 15.7. The molecule has 0 aliphatic rings. The molecule has 154 valence electrons. The summed E-state index contributed by atoms with van der Waals surface area (Å²) in [5.74, 6) is -0.896. The summed E-state index contributed by atoms with van der Waals surface area (Å²) >= 11 is 0.821. The molecule has 0 aromatic carbocycles. The number of rotatable bonds is 6. The Morgan fingerprint density at radius 2 is 2.14 bits per heavy atom. The van der Waals surface area contributed by atoms with Crippen LogP contribution in [0.5, 0.6) is 0 Å². The average Bonchev–Trinajstić information content (AvgIpc) is 3.26. The molecule has 29 heavy (non-hydrogen) atoms. The lowest BCUT2D eigenvalue weighted by atomic mass is 10.0. The van der Waals surface area contributed by atoms with Gasteiger partial charge in [-0.25, -0.2) is 23.1 Å². The van der Waals surface area contributed by atoms with E-state index in [0.29, 0.717) is 22.2 Å². The van der Waals surface area contributed by atoms with E-state index < -0.39 is 24.2 Å². The summed E-state index contributed by atoms with van der Waals surface area (Å²) in [6, 6.07) is 3.28. The number of pyridine rings is 1. The van der Waals surface area contributed by atoms with Gasteiger partial charge in [-0.1, -0.05) is 0 Å². The molecule has 1 atom stereocenters. The first-order valence-electron chi connectivity index (χ1n) is 8.76. The van der Waals surface area contributed by atoms with E-state index in [9.17, 15) is 23.8 Å². The van der Waals surface area contributed by atoms with Crippen LogP contribution in [0, 0.1) is 0 Å². The topological polar surface area (TPSA) is 97.0 Å². The van der Waals surface area contributed by atoms with Gasteiger partial charge in [-0.05, 0) is 32.9 Å². The summed E-state index contributed by atoms with van der Waals surface area (Å²) in [5.41, 5.74) is 1.21. The first-order chi connectivity index (χ1) is 13.7. The molecule has 2 N–H and O–H groups in total. The fourth-order valence-corrected chi connectivity index (χ4v) is 3.95. The number of allylic oxidation sites excluding steroid dienone is 1. The van der Waals surface area contributed by atoms with Crippen LogP contribution in [0.1, 0.15) is 48.1 Å². The number of ether oxygens (including phenoxy) is 1. The highest BCUT2D eigenvalue weighted by atomic mass is 32.1. The number of esters is 1. The number of alkyl halides is 2. The molecule has 0 aliphatic heterocycles. The van der Waals surface area contributed by atoms with Crippen LogP contribution in [0.2, 0.25) is 0 Å². The number of thiazole rings is 1. The molecule has 0 saturated heterocycles. The Kier molecular flexibility index (Phi) is 5.94. The lowest BCUT2D eigenvalue weighted by Gasteiger charge is -2.11. The molecular weight excluding hydrogens is 404 g/mol. The van der Waals surface area contributed by atoms with Crippen LogP contribution in [0.3, 0.4) is 0 Å². The highest BCUT2D eigenvalue weighted by molar-refractivity contribution is 7.17. The molecule has 7 nitrogen and oxygen atoms in total. The summed E-state index contributed by atoms with van der Waals surface area (Å²) in [7, 11) is 0. The number of aliphatic hydroxyl groups excluding tert-OH is 2. The summed E-state index contributed by atoms with van der Waals surface area (Å²) in [6.45, 7) is 4.63. The second-order valence-electron chi connectivity index (χ2n) is 6.23. The van der Waals surface area contributed by atoms with E-state index in [4.69, 9.17) is 4.74 Å². The molecule has 1 unspecified atom stereocenters. The summed E-state index contributed by atoms with van der Waals surface area (Å²) in [6.07, 6.45) is -0.765. The van der Waals surface area contributed by atoms with Gasteiger partial charge < -0.3 is 14.9 Å². The molecule has 0 fully saturated rings. The number of carbonyl (C=O) groups is 1. The van der Waals surface area contributed by atoms with Crippen molar-refractivity contribution in [2.24, 2.45) is 0 Å². The Labute approximate surface area is 168 Å². The molecule has 0 radical (unpaired) electrons. The summed E-state index contributed by atoms with van der Waals surface area (Å²) < 4.78 is 33.1. The molecule has 0 saturated carbocycles. The number of aliphatic hydroxyl groups is 2. The van der Waals surface area contributed by atoms with Crippen molar-refractivity contribution in [1.29, 1.82) is 0 Å². The molecular formula is C19H19F2N3O4S. The van der Waals surface area contributed by atoms with Gasteiger partial charge in [-0.3, -0.25) is 0 Å². The number of hydrogen-bond acceptors (Lipinski definition) is 7. The number of aromatic nitrogens is 3. The normalized spacial score (nSPS) is 13.6. The SMILES string of the molecule is CCOC(=O)c1sc(-c2ccn3ncc(/C(=C(\C)O)C(C)O)c3c2)nc1C(F)F. The van der Waals surface area contributed by atoms with Gasteiger partial charge in [-0.2, -0.15) is 5.10 Å². The Bertz CT molecular complexity index is 1080. The summed E-state index contributed by atoms with van der Waals surface area (Å²) in [5, 5.41) is 24.4. The number of nitrogens with zero attached hydrogens (tertiary/aromatic N) is 3. The quantitative estimate of drug-likeness (QED) is 0.455. The van der Waals surface area contributed by atoms with Gasteiger partial charge in [0.1, 0.15) is 15.6 Å². The van der Waals surface area contributed by atoms with Crippen molar-refractivity contribution >= 4 is 28.4 Å². The largest absolute Gasteiger partial charge is 0.512 e. The Hall–Kier alpha value is -2.85. The van der Waals surface area contributed by atoms with E-state index in [1.807, 2.05) is 0 Å². The van der Waals surface area contributed by atoms with E-state index in [0.717, 1.165) is 11.3 Å². The highest BCUT2D eigenvalue weighted by Gasteiger charge is 2.26. The van der Waals surface area contributed by atoms with E-state index in [2.05, 4.69) is 10.1 Å². The molecule has 3 rings (SSSR count). The number of halogens is 2. The van der Waals surface area contributed by atoms with Crippen molar-refractivity contribution < 1.29 is 28.5 Å². The van der Waals surface area contributed by atoms with Gasteiger partial charge in [0.25, 0.3) is 6.43 Å². The van der Waals surface area contributed by atoms with Gasteiger partial charge in [0.2, 0.25) is 0 Å². The van der Waals surface area contributed by atoms with Gasteiger partial charge in [0, 0.05) is 22.9 Å². The van der Waals surface area contributed by atoms with Crippen LogP contribution in [0.25, 0.3) is 21.7 Å². The Morgan fingerprint density at radius 1 is 1.41 bits per heavy atom. The van der Waals surface area contributed by atoms with Crippen LogP contribution in [-0.4, -0.2) is 43.5 Å². The standard InChI is InChI=1S/C19H19F2N3O4S/c1-4-28-19(27)16-15(17(20)21)23-18(29-16)11-5-6-24-13(7-11)12(8-22-24)14(9(2)25)10(3)26/h5-9,17,25-26H,4H2,1-3H3/b14-10+. The van der Waals surface area contributed by atoms with Gasteiger partial charge in [0.05, 0.1) is 30.2 Å². The predicted molar refractivity (Wildman–Crippen MR) is 104 cm³/mol. The molecule has 0 amide bonds. The zero-order chi connectivity index (χ0) is 21.3. The van der Waals surface area contributed by atoms with Crippen molar-refractivity contribution in [2.45, 2.75) is 33.3 Å². The van der Waals surface area contributed by atoms with Crippen molar-refractivity contribution in [1.82, 2.24) is 14.6 Å². The molecule has 10 heteroatoms. The predicted octanol–water partition coefficient (Wildman–Crippen LogP) is 4.24. The zero-order valence-electron chi connectivity index (χ0n) is 15.9. The van der Waals surface area contributed by atoms with Crippen molar-refractivity contribution in [2.75, 3.05) is 6.61 Å². The van der Waals surface area contributed by atoms with Crippen LogP contribution in [-0.2, 0) is 4.74 Å². The van der Waals surface area contributed by atoms with Gasteiger partial charge >= 0.3 is 5.97 Å². The first kappa shape index (κ1) is 20.9. The van der Waals surface area contributed by atoms with E-state index >= 15 is 0 Å². The van der Waals surface area contributed by atoms with E-state index in [1.54, 1.807) is 25.3 Å². The third-order valence-electron chi connectivity index (χ3n) is 4.19. The van der Waals surface area contributed by atoms with Crippen LogP contribution in [0.4, 0.5) is 8.78 Å². The van der Waals surface area contributed by atoms with Crippen LogP contribution < -0.4 is 0 Å². The van der Waals surface area contributed by atoms with Crippen LogP contribution in [0.15, 0.2) is 30.3 Å². The molecule has 3 aromatic heterocycles. The smallest absolute Gasteiger partial charge is 0.350 e. The maximum atomic E-state index is 13.4. The Morgan fingerprint density at radius 3 is 2.72 bits per heavy atom. The minimum atomic E-state index is -2.92. The molecule has 3 heterocycles. The minimum Gasteiger partial charge on any atom is -0.512 e.